The summed E-state index contributed by atoms with van der Waals surface area (Å²) >= 11 is 0. The summed E-state index contributed by atoms with van der Waals surface area (Å²) in [6.07, 6.45) is 2.47. The summed E-state index contributed by atoms with van der Waals surface area (Å²) in [7, 11) is 0. The number of nitrogen functional groups attached to an aromatic ring is 1. The third-order valence-corrected chi connectivity index (χ3v) is 5.54. The molecule has 1 fully saturated rings. The van der Waals surface area contributed by atoms with E-state index in [0.717, 1.165) is 35.2 Å². The van der Waals surface area contributed by atoms with Gasteiger partial charge in [0.2, 0.25) is 5.91 Å². The molecule has 0 saturated carbocycles. The highest BCUT2D eigenvalue weighted by molar-refractivity contribution is 5.76. The number of rotatable bonds is 7. The first-order valence-corrected chi connectivity index (χ1v) is 10.4. The predicted molar refractivity (Wildman–Crippen MR) is 116 cm³/mol. The average Bonchev–Trinajstić information content (AvgIpc) is 2.66. The lowest BCUT2D eigenvalue weighted by Gasteiger charge is -2.35. The topological polar surface area (TPSA) is 58.4 Å². The number of carbonyl (C=O) groups excluding carboxylic acids is 1. The second kappa shape index (κ2) is 9.74. The van der Waals surface area contributed by atoms with Crippen LogP contribution in [0.15, 0.2) is 48.5 Å². The lowest BCUT2D eigenvalue weighted by molar-refractivity contribution is -0.121. The van der Waals surface area contributed by atoms with E-state index in [9.17, 15) is 4.79 Å². The molecule has 2 aromatic rings. The Labute approximate surface area is 169 Å². The van der Waals surface area contributed by atoms with E-state index < -0.39 is 0 Å². The van der Waals surface area contributed by atoms with Gasteiger partial charge in [-0.3, -0.25) is 9.69 Å². The van der Waals surface area contributed by atoms with Crippen LogP contribution in [0.1, 0.15) is 43.4 Å². The van der Waals surface area contributed by atoms with Crippen LogP contribution in [0.5, 0.6) is 0 Å². The van der Waals surface area contributed by atoms with Gasteiger partial charge in [-0.15, -0.1) is 0 Å². The van der Waals surface area contributed by atoms with Crippen molar-refractivity contribution < 1.29 is 4.79 Å². The summed E-state index contributed by atoms with van der Waals surface area (Å²) in [5.41, 5.74) is 10.2. The van der Waals surface area contributed by atoms with E-state index in [1.807, 2.05) is 24.3 Å². The van der Waals surface area contributed by atoms with Crippen LogP contribution in [-0.4, -0.2) is 23.9 Å². The molecule has 2 atom stereocenters. The van der Waals surface area contributed by atoms with Crippen molar-refractivity contribution in [3.63, 3.8) is 0 Å². The summed E-state index contributed by atoms with van der Waals surface area (Å²) in [5, 5.41) is 3.01. The molecule has 0 radical (unpaired) electrons. The van der Waals surface area contributed by atoms with E-state index in [0.29, 0.717) is 19.4 Å². The van der Waals surface area contributed by atoms with E-state index >= 15 is 0 Å². The molecule has 0 aromatic heterocycles. The van der Waals surface area contributed by atoms with E-state index in [1.165, 1.54) is 25.1 Å². The normalized spacial score (nSPS) is 20.1. The molecular weight excluding hydrogens is 346 g/mol. The van der Waals surface area contributed by atoms with Crippen molar-refractivity contribution in [2.45, 2.75) is 46.2 Å². The van der Waals surface area contributed by atoms with Gasteiger partial charge in [0.05, 0.1) is 0 Å². The molecule has 3 N–H and O–H groups in total. The molecule has 2 unspecified atom stereocenters. The Bertz CT molecular complexity index is 762. The number of piperidine rings is 1. The van der Waals surface area contributed by atoms with Crippen LogP contribution in [0.2, 0.25) is 0 Å². The van der Waals surface area contributed by atoms with E-state index in [4.69, 9.17) is 5.73 Å². The first-order valence-electron chi connectivity index (χ1n) is 10.4. The van der Waals surface area contributed by atoms with Crippen molar-refractivity contribution in [3.05, 3.63) is 65.2 Å². The van der Waals surface area contributed by atoms with E-state index in [1.54, 1.807) is 0 Å². The van der Waals surface area contributed by atoms with Gasteiger partial charge in [0.1, 0.15) is 0 Å². The summed E-state index contributed by atoms with van der Waals surface area (Å²) in [5.74, 6) is 1.62. The fraction of sp³-hybridized carbons (Fsp3) is 0.458. The average molecular weight is 380 g/mol. The highest BCUT2D eigenvalue weighted by Crippen LogP contribution is 2.22. The summed E-state index contributed by atoms with van der Waals surface area (Å²) < 4.78 is 0. The number of nitrogens with one attached hydrogen (secondary N) is 1. The Morgan fingerprint density at radius 3 is 2.36 bits per heavy atom. The molecule has 28 heavy (non-hydrogen) atoms. The van der Waals surface area contributed by atoms with E-state index in [-0.39, 0.29) is 5.91 Å². The smallest absolute Gasteiger partial charge is 0.220 e. The Hall–Kier alpha value is -2.33. The quantitative estimate of drug-likeness (QED) is 0.715. The number of nitrogens with two attached hydrogens (primary N) is 1. The summed E-state index contributed by atoms with van der Waals surface area (Å²) in [6.45, 7) is 8.66. The third-order valence-electron chi connectivity index (χ3n) is 5.54. The molecule has 4 nitrogen and oxygen atoms in total. The highest BCUT2D eigenvalue weighted by atomic mass is 16.1. The first-order chi connectivity index (χ1) is 13.5. The largest absolute Gasteiger partial charge is 0.399 e. The summed E-state index contributed by atoms with van der Waals surface area (Å²) in [6, 6.07) is 16.4. The number of benzene rings is 2. The maximum absolute atomic E-state index is 12.1. The Kier molecular flexibility index (Phi) is 7.10. The molecule has 1 aliphatic rings. The van der Waals surface area contributed by atoms with Crippen LogP contribution in [0.3, 0.4) is 0 Å². The van der Waals surface area contributed by atoms with Crippen molar-refractivity contribution in [2.75, 3.05) is 18.8 Å². The molecule has 1 saturated heterocycles. The van der Waals surface area contributed by atoms with Gasteiger partial charge in [0.25, 0.3) is 0 Å². The highest BCUT2D eigenvalue weighted by Gasteiger charge is 2.21. The zero-order chi connectivity index (χ0) is 19.9. The monoisotopic (exact) mass is 379 g/mol. The maximum atomic E-state index is 12.1. The van der Waals surface area contributed by atoms with Gasteiger partial charge in [-0.1, -0.05) is 56.3 Å². The maximum Gasteiger partial charge on any atom is 0.220 e. The Morgan fingerprint density at radius 1 is 1.04 bits per heavy atom. The van der Waals surface area contributed by atoms with Gasteiger partial charge in [0.15, 0.2) is 0 Å². The second-order valence-electron chi connectivity index (χ2n) is 8.43. The number of hydrogen-bond acceptors (Lipinski definition) is 3. The van der Waals surface area contributed by atoms with Crippen LogP contribution < -0.4 is 11.1 Å². The van der Waals surface area contributed by atoms with Gasteiger partial charge in [-0.2, -0.15) is 0 Å². The molecule has 0 bridgehead atoms. The molecule has 1 amide bonds. The fourth-order valence-corrected chi connectivity index (χ4v) is 4.24. The number of hydrogen-bond donors (Lipinski definition) is 2. The molecule has 0 spiro atoms. The van der Waals surface area contributed by atoms with E-state index in [2.05, 4.69) is 48.3 Å². The van der Waals surface area contributed by atoms with Gasteiger partial charge in [-0.25, -0.2) is 0 Å². The van der Waals surface area contributed by atoms with Crippen molar-refractivity contribution in [1.82, 2.24) is 10.2 Å². The molecule has 150 valence electrons. The van der Waals surface area contributed by atoms with Gasteiger partial charge < -0.3 is 11.1 Å². The molecule has 1 heterocycles. The number of nitrogens with zero attached hydrogens (tertiary/aromatic N) is 1. The molecule has 1 aliphatic heterocycles. The van der Waals surface area contributed by atoms with Crippen LogP contribution in [0.4, 0.5) is 5.69 Å². The minimum Gasteiger partial charge on any atom is -0.399 e. The number of anilines is 1. The number of likely N-dealkylation sites (tertiary alicyclic amines) is 1. The molecule has 4 heteroatoms. The minimum atomic E-state index is 0.0589. The zero-order valence-electron chi connectivity index (χ0n) is 17.2. The van der Waals surface area contributed by atoms with Gasteiger partial charge in [0, 0.05) is 38.3 Å². The lowest BCUT2D eigenvalue weighted by Crippen LogP contribution is -2.38. The third kappa shape index (κ3) is 6.10. The molecule has 2 aromatic carbocycles. The van der Waals surface area contributed by atoms with Crippen molar-refractivity contribution >= 4 is 11.6 Å². The van der Waals surface area contributed by atoms with Crippen LogP contribution in [0, 0.1) is 11.8 Å². The number of aryl methyl sites for hydroxylation is 1. The summed E-state index contributed by atoms with van der Waals surface area (Å²) in [4.78, 5) is 14.7. The minimum absolute atomic E-state index is 0.0589. The molecule has 0 aliphatic carbocycles. The molecular formula is C24H33N3O. The number of para-hydroxylation sites is 1. The van der Waals surface area contributed by atoms with Crippen molar-refractivity contribution in [1.29, 1.82) is 0 Å². The standard InChI is InChI=1S/C24H33N3O/c1-18-13-19(2)16-27(15-18)17-21-9-7-20(8-10-21)14-26-24(28)12-11-22-5-3-4-6-23(22)25/h3-10,18-19H,11-17,25H2,1-2H3,(H,26,28). The second-order valence-corrected chi connectivity index (χ2v) is 8.43. The van der Waals surface area contributed by atoms with Crippen LogP contribution >= 0.6 is 0 Å². The van der Waals surface area contributed by atoms with Gasteiger partial charge >= 0.3 is 0 Å². The van der Waals surface area contributed by atoms with Crippen molar-refractivity contribution in [2.24, 2.45) is 11.8 Å². The number of carbonyl (C=O) groups is 1. The van der Waals surface area contributed by atoms with Crippen LogP contribution in [-0.2, 0) is 24.3 Å². The lowest BCUT2D eigenvalue weighted by atomic mass is 9.91. The number of amides is 1. The molecule has 3 rings (SSSR count). The van der Waals surface area contributed by atoms with Crippen LogP contribution in [0.25, 0.3) is 0 Å². The van der Waals surface area contributed by atoms with Gasteiger partial charge in [-0.05, 0) is 47.4 Å². The SMILES string of the molecule is CC1CC(C)CN(Cc2ccc(CNC(=O)CCc3ccccc3N)cc2)C1. The first kappa shape index (κ1) is 20.4. The predicted octanol–water partition coefficient (Wildman–Crippen LogP) is 4.00. The Morgan fingerprint density at radius 2 is 1.68 bits per heavy atom. The zero-order valence-corrected chi connectivity index (χ0v) is 17.2. The Balaban J connectivity index is 1.42. The fourth-order valence-electron chi connectivity index (χ4n) is 4.24. The van der Waals surface area contributed by atoms with Crippen molar-refractivity contribution in [3.8, 4) is 0 Å².